The standard InChI is InChI=1S/C17H25NO3/c1-10(3-4-11-5-6-11)9-12-16(19)17(2,20)15-14-13(21-14)7-8-18(12)15/h3-4,9,11-16,19-20H,5-8H2,1-2H3/b4-3+,10-9+/t12-,13-,14-,15+,16+,17-/m0/s1. The van der Waals surface area contributed by atoms with E-state index in [2.05, 4.69) is 30.1 Å². The average molecular weight is 291 g/mol. The van der Waals surface area contributed by atoms with Crippen molar-refractivity contribution < 1.29 is 14.9 Å². The molecule has 0 aromatic heterocycles. The lowest BCUT2D eigenvalue weighted by Gasteiger charge is -2.33. The largest absolute Gasteiger partial charge is 0.388 e. The predicted octanol–water partition coefficient (Wildman–Crippen LogP) is 1.23. The highest BCUT2D eigenvalue weighted by Gasteiger charge is 2.65. The van der Waals surface area contributed by atoms with Crippen molar-refractivity contribution in [3.05, 3.63) is 23.8 Å². The molecule has 3 saturated heterocycles. The maximum absolute atomic E-state index is 10.7. The number of piperidine rings is 1. The Hall–Kier alpha value is -0.680. The fourth-order valence-corrected chi connectivity index (χ4v) is 4.06. The van der Waals surface area contributed by atoms with Gasteiger partial charge in [-0.3, -0.25) is 4.90 Å². The molecule has 4 rings (SSSR count). The molecule has 4 heteroatoms. The van der Waals surface area contributed by atoms with Crippen molar-refractivity contribution in [3.63, 3.8) is 0 Å². The van der Waals surface area contributed by atoms with Crippen LogP contribution < -0.4 is 0 Å². The quantitative estimate of drug-likeness (QED) is 0.607. The van der Waals surface area contributed by atoms with Crippen LogP contribution in [0.5, 0.6) is 0 Å². The SMILES string of the molecule is CC(/C=C/C1CC1)=C\[C@H]1[C@@H](O)[C@@](C)(O)[C@H]2[C@H]3O[C@H]3CCN12. The van der Waals surface area contributed by atoms with E-state index >= 15 is 0 Å². The van der Waals surface area contributed by atoms with E-state index in [4.69, 9.17) is 4.74 Å². The highest BCUT2D eigenvalue weighted by atomic mass is 16.6. The van der Waals surface area contributed by atoms with Gasteiger partial charge in [0.25, 0.3) is 0 Å². The number of hydrogen-bond acceptors (Lipinski definition) is 4. The lowest BCUT2D eigenvalue weighted by molar-refractivity contribution is -0.0587. The number of hydrogen-bond donors (Lipinski definition) is 2. The molecule has 0 aromatic rings. The molecule has 21 heavy (non-hydrogen) atoms. The fourth-order valence-electron chi connectivity index (χ4n) is 4.06. The van der Waals surface area contributed by atoms with E-state index in [9.17, 15) is 10.2 Å². The summed E-state index contributed by atoms with van der Waals surface area (Å²) in [5.41, 5.74) is 0.0721. The van der Waals surface area contributed by atoms with Crippen molar-refractivity contribution in [1.29, 1.82) is 0 Å². The monoisotopic (exact) mass is 291 g/mol. The van der Waals surface area contributed by atoms with Crippen LogP contribution in [0.15, 0.2) is 23.8 Å². The summed E-state index contributed by atoms with van der Waals surface area (Å²) >= 11 is 0. The molecule has 3 heterocycles. The molecule has 0 unspecified atom stereocenters. The molecule has 3 aliphatic heterocycles. The van der Waals surface area contributed by atoms with Crippen LogP contribution >= 0.6 is 0 Å². The summed E-state index contributed by atoms with van der Waals surface area (Å²) in [7, 11) is 0. The van der Waals surface area contributed by atoms with E-state index in [1.54, 1.807) is 6.92 Å². The summed E-state index contributed by atoms with van der Waals surface area (Å²) in [4.78, 5) is 2.24. The molecule has 2 N–H and O–H groups in total. The van der Waals surface area contributed by atoms with Crippen molar-refractivity contribution >= 4 is 0 Å². The summed E-state index contributed by atoms with van der Waals surface area (Å²) in [5.74, 6) is 0.758. The number of aliphatic hydroxyl groups excluding tert-OH is 1. The van der Waals surface area contributed by atoms with Crippen LogP contribution in [0.1, 0.15) is 33.1 Å². The van der Waals surface area contributed by atoms with Crippen molar-refractivity contribution in [1.82, 2.24) is 4.90 Å². The summed E-state index contributed by atoms with van der Waals surface area (Å²) in [5, 5.41) is 21.4. The van der Waals surface area contributed by atoms with Gasteiger partial charge in [0.2, 0.25) is 0 Å². The summed E-state index contributed by atoms with van der Waals surface area (Å²) in [6, 6.07) is -0.188. The second kappa shape index (κ2) is 4.66. The molecular formula is C17H25NO3. The smallest absolute Gasteiger partial charge is 0.108 e. The van der Waals surface area contributed by atoms with Gasteiger partial charge in [-0.05, 0) is 39.0 Å². The van der Waals surface area contributed by atoms with Crippen molar-refractivity contribution in [2.75, 3.05) is 6.54 Å². The Morgan fingerprint density at radius 1 is 1.33 bits per heavy atom. The zero-order chi connectivity index (χ0) is 14.8. The molecule has 6 atom stereocenters. The zero-order valence-electron chi connectivity index (χ0n) is 12.8. The molecule has 1 saturated carbocycles. The van der Waals surface area contributed by atoms with Gasteiger partial charge < -0.3 is 14.9 Å². The van der Waals surface area contributed by atoms with Crippen LogP contribution in [-0.4, -0.2) is 57.7 Å². The van der Waals surface area contributed by atoms with E-state index < -0.39 is 11.7 Å². The molecule has 4 nitrogen and oxygen atoms in total. The van der Waals surface area contributed by atoms with Crippen LogP contribution in [0.2, 0.25) is 0 Å². The van der Waals surface area contributed by atoms with Crippen LogP contribution in [0.25, 0.3) is 0 Å². The van der Waals surface area contributed by atoms with E-state index in [0.29, 0.717) is 6.10 Å². The zero-order valence-corrected chi connectivity index (χ0v) is 12.8. The van der Waals surface area contributed by atoms with Crippen LogP contribution in [-0.2, 0) is 4.74 Å². The second-order valence-electron chi connectivity index (χ2n) is 7.38. The Labute approximate surface area is 126 Å². The third-order valence-corrected chi connectivity index (χ3v) is 5.55. The maximum Gasteiger partial charge on any atom is 0.108 e. The third-order valence-electron chi connectivity index (χ3n) is 5.55. The van der Waals surface area contributed by atoms with E-state index in [1.807, 2.05) is 0 Å². The van der Waals surface area contributed by atoms with Crippen molar-refractivity contribution in [2.24, 2.45) is 5.92 Å². The van der Waals surface area contributed by atoms with Gasteiger partial charge in [0.05, 0.1) is 18.2 Å². The lowest BCUT2D eigenvalue weighted by atomic mass is 9.88. The van der Waals surface area contributed by atoms with Gasteiger partial charge >= 0.3 is 0 Å². The van der Waals surface area contributed by atoms with E-state index in [0.717, 1.165) is 18.9 Å². The molecule has 1 aliphatic carbocycles. The van der Waals surface area contributed by atoms with Crippen molar-refractivity contribution in [2.45, 2.75) is 69.1 Å². The molecule has 4 aliphatic rings. The third kappa shape index (κ3) is 2.29. The topological polar surface area (TPSA) is 56.2 Å². The number of nitrogens with zero attached hydrogens (tertiary/aromatic N) is 1. The number of epoxide rings is 1. The predicted molar refractivity (Wildman–Crippen MR) is 79.8 cm³/mol. The Kier molecular flexibility index (Phi) is 3.09. The number of ether oxygens (including phenoxy) is 1. The van der Waals surface area contributed by atoms with Gasteiger partial charge in [0.1, 0.15) is 17.8 Å². The Morgan fingerprint density at radius 3 is 2.81 bits per heavy atom. The molecule has 4 fully saturated rings. The van der Waals surface area contributed by atoms with E-state index in [1.165, 1.54) is 18.4 Å². The fraction of sp³-hybridized carbons (Fsp3) is 0.765. The van der Waals surface area contributed by atoms with Crippen LogP contribution in [0, 0.1) is 5.92 Å². The molecule has 0 spiro atoms. The van der Waals surface area contributed by atoms with Crippen LogP contribution in [0.3, 0.4) is 0 Å². The minimum atomic E-state index is -1.10. The van der Waals surface area contributed by atoms with Gasteiger partial charge in [-0.2, -0.15) is 0 Å². The first-order chi connectivity index (χ1) is 9.98. The Balaban J connectivity index is 1.57. The maximum atomic E-state index is 10.7. The number of rotatable bonds is 3. The van der Waals surface area contributed by atoms with Gasteiger partial charge in [0, 0.05) is 6.54 Å². The Bertz CT molecular complexity index is 494. The van der Waals surface area contributed by atoms with Gasteiger partial charge in [-0.25, -0.2) is 0 Å². The molecule has 0 bridgehead atoms. The van der Waals surface area contributed by atoms with E-state index in [-0.39, 0.29) is 18.2 Å². The number of aliphatic hydroxyl groups is 2. The average Bonchev–Trinajstić information content (AvgIpc) is 3.33. The highest BCUT2D eigenvalue weighted by molar-refractivity contribution is 5.27. The second-order valence-corrected chi connectivity index (χ2v) is 7.38. The molecule has 0 radical (unpaired) electrons. The molecule has 0 aromatic carbocycles. The first-order valence-electron chi connectivity index (χ1n) is 8.17. The van der Waals surface area contributed by atoms with Gasteiger partial charge in [-0.15, -0.1) is 0 Å². The van der Waals surface area contributed by atoms with Gasteiger partial charge in [0.15, 0.2) is 0 Å². The first-order valence-corrected chi connectivity index (χ1v) is 8.17. The minimum Gasteiger partial charge on any atom is -0.388 e. The molecule has 116 valence electrons. The van der Waals surface area contributed by atoms with Crippen molar-refractivity contribution in [3.8, 4) is 0 Å². The summed E-state index contributed by atoms with van der Waals surface area (Å²) < 4.78 is 5.67. The summed E-state index contributed by atoms with van der Waals surface area (Å²) in [6.07, 6.45) is 9.79. The molecular weight excluding hydrogens is 266 g/mol. The van der Waals surface area contributed by atoms with Crippen LogP contribution in [0.4, 0.5) is 0 Å². The normalized spacial score (nSPS) is 50.3. The first kappa shape index (κ1) is 13.9. The number of fused-ring (bicyclic) bond motifs is 3. The number of allylic oxidation sites excluding steroid dienone is 3. The molecule has 0 amide bonds. The lowest BCUT2D eigenvalue weighted by Crippen LogP contribution is -2.52. The minimum absolute atomic E-state index is 0.0762. The Morgan fingerprint density at radius 2 is 2.10 bits per heavy atom. The highest BCUT2D eigenvalue weighted by Crippen LogP contribution is 2.47. The summed E-state index contributed by atoms with van der Waals surface area (Å²) in [6.45, 7) is 4.72. The van der Waals surface area contributed by atoms with Gasteiger partial charge in [-0.1, -0.05) is 23.8 Å².